The SMILES string of the molecule is Cc1ccc(C)c(-c2ccc(=O)n(CC#N)n2)c1. The highest BCUT2D eigenvalue weighted by Gasteiger charge is 2.06. The minimum atomic E-state index is -0.259. The zero-order chi connectivity index (χ0) is 13.1. The third kappa shape index (κ3) is 2.30. The van der Waals surface area contributed by atoms with Crippen LogP contribution in [0.2, 0.25) is 0 Å². The Labute approximate surface area is 105 Å². The van der Waals surface area contributed by atoms with E-state index >= 15 is 0 Å². The van der Waals surface area contributed by atoms with Crippen molar-refractivity contribution in [3.8, 4) is 17.3 Å². The Morgan fingerprint density at radius 1 is 1.28 bits per heavy atom. The lowest BCUT2D eigenvalue weighted by molar-refractivity contribution is 0.662. The van der Waals surface area contributed by atoms with E-state index in [0.29, 0.717) is 5.69 Å². The van der Waals surface area contributed by atoms with Crippen molar-refractivity contribution in [3.63, 3.8) is 0 Å². The first-order valence-corrected chi connectivity index (χ1v) is 5.64. The molecule has 0 N–H and O–H groups in total. The largest absolute Gasteiger partial charge is 0.268 e. The van der Waals surface area contributed by atoms with Crippen LogP contribution in [-0.2, 0) is 6.54 Å². The molecule has 0 unspecified atom stereocenters. The third-order valence-electron chi connectivity index (χ3n) is 2.76. The molecule has 1 aromatic carbocycles. The normalized spacial score (nSPS) is 10.1. The third-order valence-corrected chi connectivity index (χ3v) is 2.76. The number of hydrogen-bond donors (Lipinski definition) is 0. The zero-order valence-corrected chi connectivity index (χ0v) is 10.3. The lowest BCUT2D eigenvalue weighted by atomic mass is 10.0. The fourth-order valence-corrected chi connectivity index (χ4v) is 1.78. The lowest BCUT2D eigenvalue weighted by Gasteiger charge is -2.08. The lowest BCUT2D eigenvalue weighted by Crippen LogP contribution is -2.21. The van der Waals surface area contributed by atoms with Crippen molar-refractivity contribution in [2.24, 2.45) is 0 Å². The van der Waals surface area contributed by atoms with Crippen molar-refractivity contribution in [1.82, 2.24) is 9.78 Å². The molecule has 0 bridgehead atoms. The summed E-state index contributed by atoms with van der Waals surface area (Å²) in [6.45, 7) is 3.97. The summed E-state index contributed by atoms with van der Waals surface area (Å²) in [6.07, 6.45) is 0. The summed E-state index contributed by atoms with van der Waals surface area (Å²) in [5.41, 5.74) is 3.67. The Morgan fingerprint density at radius 2 is 2.06 bits per heavy atom. The molecule has 18 heavy (non-hydrogen) atoms. The van der Waals surface area contributed by atoms with Gasteiger partial charge in [0.05, 0.1) is 11.8 Å². The van der Waals surface area contributed by atoms with Gasteiger partial charge in [0, 0.05) is 11.6 Å². The maximum Gasteiger partial charge on any atom is 0.267 e. The molecule has 0 saturated carbocycles. The van der Waals surface area contributed by atoms with Gasteiger partial charge < -0.3 is 0 Å². The van der Waals surface area contributed by atoms with E-state index in [4.69, 9.17) is 5.26 Å². The second-order valence-electron chi connectivity index (χ2n) is 4.19. The molecule has 2 aromatic rings. The molecule has 0 aliphatic heterocycles. The molecule has 1 aromatic heterocycles. The Kier molecular flexibility index (Phi) is 3.24. The first kappa shape index (κ1) is 12.1. The van der Waals surface area contributed by atoms with Gasteiger partial charge in [-0.2, -0.15) is 10.4 Å². The van der Waals surface area contributed by atoms with Crippen LogP contribution >= 0.6 is 0 Å². The number of aromatic nitrogens is 2. The molecule has 0 spiro atoms. The van der Waals surface area contributed by atoms with Gasteiger partial charge in [0.2, 0.25) is 0 Å². The molecule has 4 heteroatoms. The van der Waals surface area contributed by atoms with E-state index < -0.39 is 0 Å². The van der Waals surface area contributed by atoms with Crippen LogP contribution in [0.25, 0.3) is 11.3 Å². The highest BCUT2D eigenvalue weighted by Crippen LogP contribution is 2.21. The fraction of sp³-hybridized carbons (Fsp3) is 0.214. The first-order chi connectivity index (χ1) is 8.61. The molecule has 0 fully saturated rings. The van der Waals surface area contributed by atoms with Crippen LogP contribution in [0.1, 0.15) is 11.1 Å². The van der Waals surface area contributed by atoms with Crippen LogP contribution in [0.15, 0.2) is 35.1 Å². The average Bonchev–Trinajstić information content (AvgIpc) is 2.35. The maximum atomic E-state index is 11.5. The molecule has 0 amide bonds. The highest BCUT2D eigenvalue weighted by atomic mass is 16.1. The van der Waals surface area contributed by atoms with Crippen molar-refractivity contribution < 1.29 is 0 Å². The average molecular weight is 239 g/mol. The van der Waals surface area contributed by atoms with E-state index in [1.54, 1.807) is 6.07 Å². The topological polar surface area (TPSA) is 58.7 Å². The summed E-state index contributed by atoms with van der Waals surface area (Å²) in [5, 5.41) is 12.9. The van der Waals surface area contributed by atoms with Gasteiger partial charge in [0.15, 0.2) is 0 Å². The summed E-state index contributed by atoms with van der Waals surface area (Å²) in [7, 11) is 0. The second kappa shape index (κ2) is 4.84. The number of rotatable bonds is 2. The molecule has 2 rings (SSSR count). The van der Waals surface area contributed by atoms with Crippen molar-refractivity contribution in [1.29, 1.82) is 5.26 Å². The van der Waals surface area contributed by atoms with Gasteiger partial charge >= 0.3 is 0 Å². The standard InChI is InChI=1S/C14H13N3O/c1-10-3-4-11(2)12(9-10)13-5-6-14(18)17(16-13)8-7-15/h3-6,9H,8H2,1-2H3. The molecule has 0 radical (unpaired) electrons. The summed E-state index contributed by atoms with van der Waals surface area (Å²) >= 11 is 0. The Morgan fingerprint density at radius 3 is 2.78 bits per heavy atom. The maximum absolute atomic E-state index is 11.5. The Balaban J connectivity index is 2.58. The molecule has 0 aliphatic rings. The smallest absolute Gasteiger partial charge is 0.267 e. The van der Waals surface area contributed by atoms with Gasteiger partial charge in [-0.3, -0.25) is 4.79 Å². The van der Waals surface area contributed by atoms with E-state index in [2.05, 4.69) is 5.10 Å². The molecule has 1 heterocycles. The van der Waals surface area contributed by atoms with Crippen molar-refractivity contribution in [2.45, 2.75) is 20.4 Å². The minimum absolute atomic E-state index is 0.0302. The molecule has 0 saturated heterocycles. The van der Waals surface area contributed by atoms with Crippen LogP contribution in [-0.4, -0.2) is 9.78 Å². The quantitative estimate of drug-likeness (QED) is 0.805. The number of nitriles is 1. The Hall–Kier alpha value is -2.41. The molecule has 90 valence electrons. The van der Waals surface area contributed by atoms with E-state index in [0.717, 1.165) is 16.7 Å². The van der Waals surface area contributed by atoms with Gasteiger partial charge in [-0.05, 0) is 31.5 Å². The number of benzene rings is 1. The van der Waals surface area contributed by atoms with Crippen molar-refractivity contribution in [2.75, 3.05) is 0 Å². The summed E-state index contributed by atoms with van der Waals surface area (Å²) in [6, 6.07) is 11.1. The van der Waals surface area contributed by atoms with Gasteiger partial charge in [-0.15, -0.1) is 0 Å². The van der Waals surface area contributed by atoms with E-state index in [9.17, 15) is 4.79 Å². The summed E-state index contributed by atoms with van der Waals surface area (Å²) in [5.74, 6) is 0. The van der Waals surface area contributed by atoms with Crippen molar-refractivity contribution in [3.05, 3.63) is 51.8 Å². The molecular weight excluding hydrogens is 226 g/mol. The number of nitrogens with zero attached hydrogens (tertiary/aromatic N) is 3. The Bertz CT molecular complexity index is 680. The molecule has 4 nitrogen and oxygen atoms in total. The van der Waals surface area contributed by atoms with Crippen LogP contribution in [0.4, 0.5) is 0 Å². The minimum Gasteiger partial charge on any atom is -0.268 e. The highest BCUT2D eigenvalue weighted by molar-refractivity contribution is 5.63. The van der Waals surface area contributed by atoms with Gasteiger partial charge in [-0.1, -0.05) is 17.7 Å². The monoisotopic (exact) mass is 239 g/mol. The predicted octanol–water partition coefficient (Wildman–Crippen LogP) is 2.05. The summed E-state index contributed by atoms with van der Waals surface area (Å²) in [4.78, 5) is 11.5. The molecular formula is C14H13N3O. The van der Waals surface area contributed by atoms with Gasteiger partial charge in [-0.25, -0.2) is 4.68 Å². The van der Waals surface area contributed by atoms with Crippen molar-refractivity contribution >= 4 is 0 Å². The van der Waals surface area contributed by atoms with E-state index in [1.807, 2.05) is 38.1 Å². The van der Waals surface area contributed by atoms with Crippen LogP contribution < -0.4 is 5.56 Å². The zero-order valence-electron chi connectivity index (χ0n) is 10.3. The van der Waals surface area contributed by atoms with E-state index in [1.165, 1.54) is 10.7 Å². The van der Waals surface area contributed by atoms with Crippen LogP contribution in [0.3, 0.4) is 0 Å². The number of aryl methyl sites for hydroxylation is 2. The molecule has 0 atom stereocenters. The number of hydrogen-bond acceptors (Lipinski definition) is 3. The van der Waals surface area contributed by atoms with Crippen LogP contribution in [0, 0.1) is 25.2 Å². The van der Waals surface area contributed by atoms with Gasteiger partial charge in [0.25, 0.3) is 5.56 Å². The first-order valence-electron chi connectivity index (χ1n) is 5.64. The summed E-state index contributed by atoms with van der Waals surface area (Å²) < 4.78 is 1.18. The van der Waals surface area contributed by atoms with Crippen LogP contribution in [0.5, 0.6) is 0 Å². The molecule has 0 aliphatic carbocycles. The van der Waals surface area contributed by atoms with Gasteiger partial charge in [0.1, 0.15) is 6.54 Å². The van der Waals surface area contributed by atoms with E-state index in [-0.39, 0.29) is 12.1 Å². The predicted molar refractivity (Wildman–Crippen MR) is 69.0 cm³/mol. The second-order valence-corrected chi connectivity index (χ2v) is 4.19. The fourth-order valence-electron chi connectivity index (χ4n) is 1.78.